The molecule has 2 N–H and O–H groups in total. The molecule has 0 saturated carbocycles. The van der Waals surface area contributed by atoms with Gasteiger partial charge >= 0.3 is 0 Å². The summed E-state index contributed by atoms with van der Waals surface area (Å²) >= 11 is 0. The van der Waals surface area contributed by atoms with E-state index in [1.165, 1.54) is 15.9 Å². The van der Waals surface area contributed by atoms with Crippen molar-refractivity contribution in [1.29, 1.82) is 0 Å². The van der Waals surface area contributed by atoms with Crippen LogP contribution < -0.4 is 15.9 Å². The summed E-state index contributed by atoms with van der Waals surface area (Å²) in [4.78, 5) is 8.99. The second-order valence-corrected chi connectivity index (χ2v) is 13.7. The number of nitrogens with zero attached hydrogens (tertiary/aromatic N) is 2. The van der Waals surface area contributed by atoms with E-state index in [-0.39, 0.29) is 53.1 Å². The van der Waals surface area contributed by atoms with Gasteiger partial charge in [-0.1, -0.05) is 73.7 Å². The summed E-state index contributed by atoms with van der Waals surface area (Å²) in [6.07, 6.45) is 5.15. The molecule has 0 aliphatic rings. The van der Waals surface area contributed by atoms with Crippen molar-refractivity contribution in [3.63, 3.8) is 0 Å². The van der Waals surface area contributed by atoms with Crippen molar-refractivity contribution in [3.8, 4) is 11.5 Å². The first kappa shape index (κ1) is 37.7. The number of halogens is 2. The Morgan fingerprint density at radius 1 is 0.556 bits per heavy atom. The molecule has 4 nitrogen and oxygen atoms in total. The molecule has 0 spiro atoms. The minimum absolute atomic E-state index is 0. The van der Waals surface area contributed by atoms with E-state index < -0.39 is 7.26 Å². The van der Waals surface area contributed by atoms with E-state index in [2.05, 4.69) is 114 Å². The van der Waals surface area contributed by atoms with Gasteiger partial charge in [-0.25, -0.2) is 0 Å². The third-order valence-corrected chi connectivity index (χ3v) is 11.8. The van der Waals surface area contributed by atoms with Crippen LogP contribution in [0.2, 0.25) is 0 Å². The van der Waals surface area contributed by atoms with E-state index in [9.17, 15) is 10.2 Å². The smallest absolute Gasteiger partial charge is 0.124 e. The van der Waals surface area contributed by atoms with Crippen LogP contribution in [0.25, 0.3) is 0 Å². The third-order valence-electron chi connectivity index (χ3n) is 7.42. The third kappa shape index (κ3) is 9.29. The summed E-state index contributed by atoms with van der Waals surface area (Å²) in [6, 6.07) is 43.8. The Hall–Kier alpha value is -3.44. The Morgan fingerprint density at radius 2 is 0.933 bits per heavy atom. The summed E-state index contributed by atoms with van der Waals surface area (Å²) in [5, 5.41) is 24.7. The van der Waals surface area contributed by atoms with Crippen LogP contribution in [0.5, 0.6) is 11.5 Å². The Balaban J connectivity index is 0.00000235. The van der Waals surface area contributed by atoms with Crippen LogP contribution >= 0.6 is 32.1 Å². The van der Waals surface area contributed by atoms with Crippen LogP contribution in [0.3, 0.4) is 0 Å². The molecule has 0 saturated heterocycles. The van der Waals surface area contributed by atoms with Gasteiger partial charge in [0, 0.05) is 40.3 Å². The van der Waals surface area contributed by atoms with Gasteiger partial charge in [-0.05, 0) is 78.2 Å². The van der Waals surface area contributed by atoms with Crippen molar-refractivity contribution in [2.75, 3.05) is 13.1 Å². The predicted octanol–water partition coefficient (Wildman–Crippen LogP) is 7.53. The molecule has 0 atom stereocenters. The second kappa shape index (κ2) is 18.5. The molecule has 5 aromatic carbocycles. The molecule has 0 aliphatic carbocycles. The van der Waals surface area contributed by atoms with Crippen molar-refractivity contribution >= 4 is 60.4 Å². The SMILES string of the molecule is CCc1ccc(O)c(C=NCCN=Cc2cc(C[P+](c3ccccc3)(c3ccccc3)c3ccccc3)ccc2O)c1.Cl.Cl.[Co]. The minimum Gasteiger partial charge on any atom is -0.507 e. The van der Waals surface area contributed by atoms with Gasteiger partial charge in [-0.15, -0.1) is 24.8 Å². The predicted molar refractivity (Wildman–Crippen MR) is 194 cm³/mol. The molecule has 0 bridgehead atoms. The first-order chi connectivity index (χ1) is 20.6. The molecule has 8 heteroatoms. The van der Waals surface area contributed by atoms with E-state index in [0.717, 1.165) is 23.7 Å². The maximum absolute atomic E-state index is 10.7. The van der Waals surface area contributed by atoms with Crippen LogP contribution in [-0.4, -0.2) is 35.7 Å². The van der Waals surface area contributed by atoms with Crippen LogP contribution in [-0.2, 0) is 29.4 Å². The normalized spacial score (nSPS) is 11.0. The number of aromatic hydroxyl groups is 2. The molecule has 45 heavy (non-hydrogen) atoms. The van der Waals surface area contributed by atoms with Gasteiger partial charge < -0.3 is 10.2 Å². The maximum Gasteiger partial charge on any atom is 0.124 e. The van der Waals surface area contributed by atoms with Gasteiger partial charge in [-0.3, -0.25) is 9.98 Å². The van der Waals surface area contributed by atoms with Crippen LogP contribution in [0.15, 0.2) is 137 Å². The number of rotatable bonds is 11. The molecule has 0 heterocycles. The average molecular weight is 704 g/mol. The number of phenols is 2. The quantitative estimate of drug-likeness (QED) is 0.0849. The molecular weight excluding hydrogens is 665 g/mol. The van der Waals surface area contributed by atoms with E-state index in [1.807, 2.05) is 18.2 Å². The van der Waals surface area contributed by atoms with Crippen molar-refractivity contribution in [2.24, 2.45) is 9.98 Å². The summed E-state index contributed by atoms with van der Waals surface area (Å²) in [5.41, 5.74) is 3.70. The monoisotopic (exact) mass is 702 g/mol. The Bertz CT molecular complexity index is 1570. The molecule has 0 aromatic heterocycles. The zero-order valence-corrected chi connectivity index (χ0v) is 28.6. The van der Waals surface area contributed by atoms with Gasteiger partial charge in [0.2, 0.25) is 0 Å². The van der Waals surface area contributed by atoms with E-state index in [0.29, 0.717) is 24.2 Å². The molecule has 0 amide bonds. The van der Waals surface area contributed by atoms with Crippen molar-refractivity contribution < 1.29 is 27.0 Å². The van der Waals surface area contributed by atoms with E-state index >= 15 is 0 Å². The van der Waals surface area contributed by atoms with Crippen LogP contribution in [0.4, 0.5) is 0 Å². The van der Waals surface area contributed by atoms with Crippen LogP contribution in [0, 0.1) is 0 Å². The van der Waals surface area contributed by atoms with Gasteiger partial charge in [-0.2, -0.15) is 0 Å². The maximum atomic E-state index is 10.7. The number of aryl methyl sites for hydroxylation is 1. The molecule has 5 aromatic rings. The van der Waals surface area contributed by atoms with E-state index in [1.54, 1.807) is 24.6 Å². The zero-order valence-electron chi connectivity index (χ0n) is 25.0. The van der Waals surface area contributed by atoms with Gasteiger partial charge in [0.1, 0.15) is 34.7 Å². The average Bonchev–Trinajstić information content (AvgIpc) is 3.05. The molecular formula is C37H38Cl2CoN2O2P+. The number of phenolic OH excluding ortho intramolecular Hbond substituents is 2. The fourth-order valence-electron chi connectivity index (χ4n) is 5.22. The Kier molecular flexibility index (Phi) is 15.5. The summed E-state index contributed by atoms with van der Waals surface area (Å²) in [7, 11) is -2.06. The van der Waals surface area contributed by atoms with E-state index in [4.69, 9.17) is 0 Å². The minimum atomic E-state index is -2.06. The molecule has 0 fully saturated rings. The fourth-order valence-corrected chi connectivity index (χ4v) is 9.45. The molecule has 235 valence electrons. The zero-order chi connectivity index (χ0) is 29.2. The first-order valence-corrected chi connectivity index (χ1v) is 16.3. The Morgan fingerprint density at radius 3 is 1.33 bits per heavy atom. The molecule has 0 unspecified atom stereocenters. The molecule has 5 rings (SSSR count). The van der Waals surface area contributed by atoms with Gasteiger partial charge in [0.15, 0.2) is 0 Å². The summed E-state index contributed by atoms with van der Waals surface area (Å²) in [5.74, 6) is 0.428. The number of aliphatic imine (C=N–C) groups is 2. The van der Waals surface area contributed by atoms with Gasteiger partial charge in [0.05, 0.1) is 19.3 Å². The summed E-state index contributed by atoms with van der Waals surface area (Å²) < 4.78 is 0. The van der Waals surface area contributed by atoms with Gasteiger partial charge in [0.25, 0.3) is 0 Å². The van der Waals surface area contributed by atoms with Crippen molar-refractivity contribution in [2.45, 2.75) is 19.5 Å². The number of hydrogen-bond acceptors (Lipinski definition) is 4. The van der Waals surface area contributed by atoms with Crippen molar-refractivity contribution in [1.82, 2.24) is 0 Å². The Labute approximate surface area is 289 Å². The topological polar surface area (TPSA) is 65.2 Å². The summed E-state index contributed by atoms with van der Waals surface area (Å²) in [6.45, 7) is 3.04. The first-order valence-electron chi connectivity index (χ1n) is 14.3. The second-order valence-electron chi connectivity index (χ2n) is 10.2. The molecule has 0 aliphatic heterocycles. The number of hydrogen-bond donors (Lipinski definition) is 2. The van der Waals surface area contributed by atoms with Crippen LogP contribution in [0.1, 0.15) is 29.2 Å². The number of benzene rings is 5. The molecule has 1 radical (unpaired) electrons. The standard InChI is InChI=1S/C37H35N2O2P.2ClH.Co/c1-2-29-18-20-36(40)31(24-29)26-38-22-23-39-27-32-25-30(19-21-37(32)41)28-42(33-12-6-3-7-13-33,34-14-8-4-9-15-34)35-16-10-5-11-17-35;;;/h3-21,24-27H,2,22-23,28H2,1H3,(H-,38,39,40,41);2*1H;/p+1. The van der Waals surface area contributed by atoms with Crippen molar-refractivity contribution in [3.05, 3.63) is 150 Å². The largest absolute Gasteiger partial charge is 0.507 e. The fraction of sp³-hybridized carbons (Fsp3) is 0.135.